The fraction of sp³-hybridized carbons (Fsp3) is 0.462. The molecule has 1 atom stereocenters. The highest BCUT2D eigenvalue weighted by Gasteiger charge is 2.29. The van der Waals surface area contributed by atoms with E-state index in [-0.39, 0.29) is 16.7 Å². The second kappa shape index (κ2) is 6.21. The van der Waals surface area contributed by atoms with E-state index in [9.17, 15) is 9.18 Å². The molecule has 1 aliphatic heterocycles. The molecule has 104 valence electrons. The molecule has 0 saturated carbocycles. The number of nitrogens with two attached hydrogens (primary N) is 1. The molecule has 0 spiro atoms. The zero-order valence-corrected chi connectivity index (χ0v) is 11.1. The first kappa shape index (κ1) is 14.1. The van der Waals surface area contributed by atoms with Crippen LogP contribution < -0.4 is 15.8 Å². The molecule has 1 saturated heterocycles. The highest BCUT2D eigenvalue weighted by molar-refractivity contribution is 6.30. The third kappa shape index (κ3) is 3.58. The van der Waals surface area contributed by atoms with Crippen molar-refractivity contribution < 1.29 is 13.9 Å². The summed E-state index contributed by atoms with van der Waals surface area (Å²) in [5, 5.41) is 3.22. The van der Waals surface area contributed by atoms with E-state index in [0.717, 1.165) is 25.9 Å². The largest absolute Gasteiger partial charge is 0.480 e. The number of carbonyl (C=O) groups excluding carboxylic acids is 1. The first-order valence-electron chi connectivity index (χ1n) is 6.19. The Morgan fingerprint density at radius 1 is 1.47 bits per heavy atom. The molecule has 0 radical (unpaired) electrons. The Morgan fingerprint density at radius 2 is 2.16 bits per heavy atom. The quantitative estimate of drug-likeness (QED) is 0.886. The number of benzene rings is 1. The molecule has 0 bridgehead atoms. The van der Waals surface area contributed by atoms with E-state index in [0.29, 0.717) is 0 Å². The second-order valence-electron chi connectivity index (χ2n) is 4.60. The zero-order valence-electron chi connectivity index (χ0n) is 10.4. The topological polar surface area (TPSA) is 64.4 Å². The van der Waals surface area contributed by atoms with Gasteiger partial charge in [-0.1, -0.05) is 11.6 Å². The number of nitrogens with one attached hydrogen (secondary N) is 1. The van der Waals surface area contributed by atoms with Crippen molar-refractivity contribution in [2.24, 2.45) is 11.7 Å². The van der Waals surface area contributed by atoms with Crippen LogP contribution in [0.2, 0.25) is 5.02 Å². The standard InChI is InChI=1S/C13H16ClFN2O2/c14-10-2-1-9(7-11(10)15)19-12(13(16)18)8-3-5-17-6-4-8/h1-2,7-8,12,17H,3-6H2,(H2,16,18). The Bertz CT molecular complexity index is 464. The van der Waals surface area contributed by atoms with E-state index in [1.807, 2.05) is 0 Å². The van der Waals surface area contributed by atoms with Crippen LogP contribution in [0.1, 0.15) is 12.8 Å². The van der Waals surface area contributed by atoms with Gasteiger partial charge in [0, 0.05) is 12.0 Å². The molecular weight excluding hydrogens is 271 g/mol. The minimum atomic E-state index is -0.734. The average Bonchev–Trinajstić information content (AvgIpc) is 2.40. The first-order valence-corrected chi connectivity index (χ1v) is 6.57. The molecule has 1 aromatic carbocycles. The van der Waals surface area contributed by atoms with Crippen molar-refractivity contribution >= 4 is 17.5 Å². The molecule has 2 rings (SSSR count). The van der Waals surface area contributed by atoms with Gasteiger partial charge in [0.15, 0.2) is 6.10 Å². The van der Waals surface area contributed by atoms with Crippen molar-refractivity contribution in [1.29, 1.82) is 0 Å². The van der Waals surface area contributed by atoms with Crippen LogP contribution in [0.15, 0.2) is 18.2 Å². The van der Waals surface area contributed by atoms with Crippen molar-refractivity contribution in [3.8, 4) is 5.75 Å². The maximum absolute atomic E-state index is 13.3. The molecular formula is C13H16ClFN2O2. The molecule has 19 heavy (non-hydrogen) atoms. The number of halogens is 2. The van der Waals surface area contributed by atoms with Gasteiger partial charge in [-0.3, -0.25) is 4.79 Å². The monoisotopic (exact) mass is 286 g/mol. The van der Waals surface area contributed by atoms with Gasteiger partial charge in [0.25, 0.3) is 5.91 Å². The molecule has 1 amide bonds. The van der Waals surface area contributed by atoms with Crippen LogP contribution >= 0.6 is 11.6 Å². The summed E-state index contributed by atoms with van der Waals surface area (Å²) in [5.74, 6) is -0.781. The lowest BCUT2D eigenvalue weighted by atomic mass is 9.91. The minimum Gasteiger partial charge on any atom is -0.480 e. The van der Waals surface area contributed by atoms with Crippen LogP contribution in [-0.2, 0) is 4.79 Å². The number of rotatable bonds is 4. The maximum atomic E-state index is 13.3. The molecule has 3 N–H and O–H groups in total. The van der Waals surface area contributed by atoms with Crippen molar-refractivity contribution in [2.45, 2.75) is 18.9 Å². The molecule has 1 aromatic rings. The second-order valence-corrected chi connectivity index (χ2v) is 5.01. The van der Waals surface area contributed by atoms with Crippen molar-refractivity contribution in [3.05, 3.63) is 29.0 Å². The van der Waals surface area contributed by atoms with Crippen LogP contribution in [0, 0.1) is 11.7 Å². The molecule has 1 aliphatic rings. The van der Waals surface area contributed by atoms with E-state index < -0.39 is 17.8 Å². The minimum absolute atomic E-state index is 0.0184. The fourth-order valence-corrected chi connectivity index (χ4v) is 2.35. The number of amides is 1. The van der Waals surface area contributed by atoms with Gasteiger partial charge < -0.3 is 15.8 Å². The van der Waals surface area contributed by atoms with Crippen molar-refractivity contribution in [1.82, 2.24) is 5.32 Å². The van der Waals surface area contributed by atoms with Crippen LogP contribution in [0.25, 0.3) is 0 Å². The number of carbonyl (C=O) groups is 1. The summed E-state index contributed by atoms with van der Waals surface area (Å²) in [6.45, 7) is 1.65. The van der Waals surface area contributed by atoms with Crippen LogP contribution in [0.3, 0.4) is 0 Å². The Balaban J connectivity index is 2.11. The van der Waals surface area contributed by atoms with Crippen LogP contribution in [-0.4, -0.2) is 25.1 Å². The van der Waals surface area contributed by atoms with Gasteiger partial charge in [0.05, 0.1) is 5.02 Å². The predicted octanol–water partition coefficient (Wildman–Crippen LogP) is 1.71. The number of hydrogen-bond donors (Lipinski definition) is 2. The third-order valence-electron chi connectivity index (χ3n) is 3.25. The molecule has 1 heterocycles. The van der Waals surface area contributed by atoms with Gasteiger partial charge in [-0.2, -0.15) is 0 Å². The highest BCUT2D eigenvalue weighted by Crippen LogP contribution is 2.25. The van der Waals surface area contributed by atoms with E-state index in [4.69, 9.17) is 22.1 Å². The summed E-state index contributed by atoms with van der Waals surface area (Å²) in [6.07, 6.45) is 0.885. The summed E-state index contributed by atoms with van der Waals surface area (Å²) in [4.78, 5) is 11.5. The lowest BCUT2D eigenvalue weighted by Crippen LogP contribution is -2.44. The van der Waals surface area contributed by atoms with E-state index in [1.54, 1.807) is 0 Å². The molecule has 1 unspecified atom stereocenters. The number of primary amides is 1. The third-order valence-corrected chi connectivity index (χ3v) is 3.55. The summed E-state index contributed by atoms with van der Waals surface area (Å²) < 4.78 is 18.9. The Kier molecular flexibility index (Phi) is 4.61. The van der Waals surface area contributed by atoms with E-state index >= 15 is 0 Å². The molecule has 0 aromatic heterocycles. The SMILES string of the molecule is NC(=O)C(Oc1ccc(Cl)c(F)c1)C1CCNCC1. The lowest BCUT2D eigenvalue weighted by Gasteiger charge is -2.29. The lowest BCUT2D eigenvalue weighted by molar-refractivity contribution is -0.127. The van der Waals surface area contributed by atoms with E-state index in [1.165, 1.54) is 18.2 Å². The summed E-state index contributed by atoms with van der Waals surface area (Å²) in [5.41, 5.74) is 5.38. The van der Waals surface area contributed by atoms with Gasteiger partial charge in [-0.05, 0) is 38.1 Å². The van der Waals surface area contributed by atoms with Crippen LogP contribution in [0.5, 0.6) is 5.75 Å². The maximum Gasteiger partial charge on any atom is 0.258 e. The summed E-state index contributed by atoms with van der Waals surface area (Å²) >= 11 is 5.60. The van der Waals surface area contributed by atoms with Gasteiger partial charge in [-0.25, -0.2) is 4.39 Å². The molecule has 0 aliphatic carbocycles. The average molecular weight is 287 g/mol. The van der Waals surface area contributed by atoms with Gasteiger partial charge >= 0.3 is 0 Å². The highest BCUT2D eigenvalue weighted by atomic mass is 35.5. The van der Waals surface area contributed by atoms with Crippen molar-refractivity contribution in [3.63, 3.8) is 0 Å². The first-order chi connectivity index (χ1) is 9.08. The summed E-state index contributed by atoms with van der Waals surface area (Å²) in [6, 6.07) is 4.09. The summed E-state index contributed by atoms with van der Waals surface area (Å²) in [7, 11) is 0. The Labute approximate surface area is 116 Å². The Hall–Kier alpha value is -1.33. The molecule has 1 fully saturated rings. The number of ether oxygens (including phenoxy) is 1. The zero-order chi connectivity index (χ0) is 13.8. The van der Waals surface area contributed by atoms with Gasteiger partial charge in [-0.15, -0.1) is 0 Å². The number of hydrogen-bond acceptors (Lipinski definition) is 3. The smallest absolute Gasteiger partial charge is 0.258 e. The van der Waals surface area contributed by atoms with Gasteiger partial charge in [0.1, 0.15) is 11.6 Å². The predicted molar refractivity (Wildman–Crippen MR) is 70.6 cm³/mol. The van der Waals surface area contributed by atoms with Gasteiger partial charge in [0.2, 0.25) is 0 Å². The molecule has 4 nitrogen and oxygen atoms in total. The fourth-order valence-electron chi connectivity index (χ4n) is 2.23. The van der Waals surface area contributed by atoms with Crippen molar-refractivity contribution in [2.75, 3.05) is 13.1 Å². The van der Waals surface area contributed by atoms with E-state index in [2.05, 4.69) is 5.32 Å². The van der Waals surface area contributed by atoms with Crippen LogP contribution in [0.4, 0.5) is 4.39 Å². The normalized spacial score (nSPS) is 18.0. The Morgan fingerprint density at radius 3 is 2.74 bits per heavy atom. The molecule has 6 heteroatoms. The number of piperidine rings is 1.